The molecule has 1 N–H and O–H groups in total. The summed E-state index contributed by atoms with van der Waals surface area (Å²) in [5, 5.41) is 2.23. The van der Waals surface area contributed by atoms with Crippen LogP contribution in [-0.4, -0.2) is 31.0 Å². The minimum absolute atomic E-state index is 0.223. The number of carbonyl (C=O) groups is 1. The lowest BCUT2D eigenvalue weighted by Gasteiger charge is -2.19. The number of alkyl halides is 1. The molecule has 0 heterocycles. The highest BCUT2D eigenvalue weighted by atomic mass is 31.1. The second-order valence-electron chi connectivity index (χ2n) is 3.87. The number of rotatable bonds is 5. The van der Waals surface area contributed by atoms with E-state index in [0.717, 1.165) is 0 Å². The summed E-state index contributed by atoms with van der Waals surface area (Å²) >= 11 is 0. The van der Waals surface area contributed by atoms with Gasteiger partial charge in [-0.15, -0.1) is 4.52 Å². The number of alkyl carbamates (subject to hydrolysis) is 1. The zero-order valence-corrected chi connectivity index (χ0v) is 10.0. The third-order valence-electron chi connectivity index (χ3n) is 1.19. The highest BCUT2D eigenvalue weighted by Gasteiger charge is 2.17. The van der Waals surface area contributed by atoms with Crippen molar-refractivity contribution in [3.63, 3.8) is 0 Å². The van der Waals surface area contributed by atoms with Gasteiger partial charge in [0.15, 0.2) is 0 Å². The van der Waals surface area contributed by atoms with Crippen LogP contribution in [0.15, 0.2) is 0 Å². The Morgan fingerprint density at radius 2 is 2.13 bits per heavy atom. The maximum Gasteiger partial charge on any atom is 0.494 e. The average Bonchev–Trinajstić information content (AvgIpc) is 2.08. The van der Waals surface area contributed by atoms with Gasteiger partial charge in [0.1, 0.15) is 18.4 Å². The molecule has 0 spiro atoms. The van der Waals surface area contributed by atoms with Gasteiger partial charge in [-0.25, -0.2) is 9.18 Å². The topological polar surface area (TPSA) is 64.6 Å². The van der Waals surface area contributed by atoms with Gasteiger partial charge >= 0.3 is 14.8 Å². The quantitative estimate of drug-likeness (QED) is 0.744. The van der Waals surface area contributed by atoms with Crippen LogP contribution >= 0.6 is 8.69 Å². The summed E-state index contributed by atoms with van der Waals surface area (Å²) in [6.45, 7) is 4.60. The molecule has 15 heavy (non-hydrogen) atoms. The maximum absolute atomic E-state index is 12.9. The smallest absolute Gasteiger partial charge is 0.444 e. The Kier molecular flexibility index (Phi) is 6.36. The van der Waals surface area contributed by atoms with Gasteiger partial charge in [0.25, 0.3) is 0 Å². The third-order valence-corrected chi connectivity index (χ3v) is 1.47. The van der Waals surface area contributed by atoms with Crippen LogP contribution in [0.1, 0.15) is 20.8 Å². The van der Waals surface area contributed by atoms with Crippen molar-refractivity contribution in [2.45, 2.75) is 32.5 Å². The summed E-state index contributed by atoms with van der Waals surface area (Å²) in [6.07, 6.45) is -2.08. The normalized spacial score (nSPS) is 13.6. The van der Waals surface area contributed by atoms with Crippen LogP contribution in [-0.2, 0) is 13.8 Å². The van der Waals surface area contributed by atoms with Crippen LogP contribution in [0, 0.1) is 0 Å². The van der Waals surface area contributed by atoms with Crippen molar-refractivity contribution in [2.75, 3.05) is 13.2 Å². The number of carbonyl (C=O) groups excluding carboxylic acids is 1. The lowest BCUT2D eigenvalue weighted by molar-refractivity contribution is 0.0507. The number of hydrogen-bond acceptors (Lipinski definition) is 4. The minimum atomic E-state index is -1.39. The third kappa shape index (κ3) is 9.56. The maximum atomic E-state index is 12.9. The van der Waals surface area contributed by atoms with Crippen LogP contribution in [0.5, 0.6) is 0 Å². The van der Waals surface area contributed by atoms with Crippen LogP contribution in [0.4, 0.5) is 9.18 Å². The Bertz CT molecular complexity index is 219. The van der Waals surface area contributed by atoms with Crippen molar-refractivity contribution in [3.05, 3.63) is 0 Å². The number of nitrogens with one attached hydrogen (secondary N) is 1. The van der Waals surface area contributed by atoms with E-state index in [0.29, 0.717) is 0 Å². The van der Waals surface area contributed by atoms with Gasteiger partial charge in [0, 0.05) is 0 Å². The fourth-order valence-electron chi connectivity index (χ4n) is 0.692. The fraction of sp³-hybridized carbons (Fsp3) is 0.875. The number of amides is 1. The van der Waals surface area contributed by atoms with E-state index < -0.39 is 26.6 Å². The molecule has 0 aliphatic carbocycles. The summed E-state index contributed by atoms with van der Waals surface area (Å²) in [4.78, 5) is 11.0. The Balaban J connectivity index is 3.66. The Morgan fingerprint density at radius 1 is 1.53 bits per heavy atom. The Morgan fingerprint density at radius 3 is 2.60 bits per heavy atom. The lowest BCUT2D eigenvalue weighted by atomic mass is 10.2. The molecule has 2 atom stereocenters. The summed E-state index contributed by atoms with van der Waals surface area (Å²) in [5.74, 6) is 0. The molecule has 0 aliphatic rings. The van der Waals surface area contributed by atoms with E-state index >= 15 is 0 Å². The molecule has 88 valence electrons. The van der Waals surface area contributed by atoms with Crippen molar-refractivity contribution in [3.8, 4) is 0 Å². The van der Waals surface area contributed by atoms with E-state index in [4.69, 9.17) is 4.74 Å². The molecule has 1 amide bonds. The zero-order valence-electron chi connectivity index (χ0n) is 9.00. The van der Waals surface area contributed by atoms with Crippen molar-refractivity contribution in [2.24, 2.45) is 0 Å². The lowest BCUT2D eigenvalue weighted by Crippen LogP contribution is -2.36. The van der Waals surface area contributed by atoms with Crippen LogP contribution < -0.4 is 5.32 Å². The molecule has 5 nitrogen and oxygen atoms in total. The van der Waals surface area contributed by atoms with E-state index in [1.165, 1.54) is 0 Å². The average molecular weight is 240 g/mol. The van der Waals surface area contributed by atoms with Gasteiger partial charge in [-0.3, -0.25) is 0 Å². The molecular weight excluding hydrogens is 224 g/mol. The van der Waals surface area contributed by atoms with Crippen molar-refractivity contribution < 1.29 is 23.0 Å². The SMILES string of the molecule is CC(C)(C)OC(=O)NCC(F)CO[PH+]=O. The second kappa shape index (κ2) is 6.69. The van der Waals surface area contributed by atoms with Crippen LogP contribution in [0.3, 0.4) is 0 Å². The fourth-order valence-corrected chi connectivity index (χ4v) is 0.941. The molecular formula is C8H16FNO4P+. The molecule has 7 heteroatoms. The molecule has 0 saturated heterocycles. The largest absolute Gasteiger partial charge is 0.494 e. The number of ether oxygens (including phenoxy) is 1. The molecule has 0 fully saturated rings. The highest BCUT2D eigenvalue weighted by Crippen LogP contribution is 2.06. The first-order chi connectivity index (χ1) is 6.85. The van der Waals surface area contributed by atoms with Gasteiger partial charge < -0.3 is 10.1 Å². The summed E-state index contributed by atoms with van der Waals surface area (Å²) < 4.78 is 31.9. The number of hydrogen-bond donors (Lipinski definition) is 1. The van der Waals surface area contributed by atoms with E-state index in [-0.39, 0.29) is 13.2 Å². The van der Waals surface area contributed by atoms with E-state index in [9.17, 15) is 13.8 Å². The first kappa shape index (κ1) is 14.3. The molecule has 0 aromatic heterocycles. The first-order valence-electron chi connectivity index (χ1n) is 4.45. The van der Waals surface area contributed by atoms with Crippen molar-refractivity contribution in [1.82, 2.24) is 5.32 Å². The monoisotopic (exact) mass is 240 g/mol. The molecule has 0 aromatic carbocycles. The highest BCUT2D eigenvalue weighted by molar-refractivity contribution is 7.17. The predicted molar refractivity (Wildman–Crippen MR) is 54.1 cm³/mol. The number of halogens is 1. The van der Waals surface area contributed by atoms with Gasteiger partial charge in [-0.05, 0) is 25.3 Å². The molecule has 0 saturated carbocycles. The Labute approximate surface area is 89.6 Å². The predicted octanol–water partition coefficient (Wildman–Crippen LogP) is 1.80. The molecule has 0 aliphatic heterocycles. The summed E-state index contributed by atoms with van der Waals surface area (Å²) in [7, 11) is -0.993. The van der Waals surface area contributed by atoms with Crippen LogP contribution in [0.2, 0.25) is 0 Å². The molecule has 2 unspecified atom stereocenters. The summed E-state index contributed by atoms with van der Waals surface area (Å²) in [6, 6.07) is 0. The molecule has 0 aromatic rings. The van der Waals surface area contributed by atoms with Gasteiger partial charge in [-0.2, -0.15) is 0 Å². The first-order valence-corrected chi connectivity index (χ1v) is 5.26. The molecule has 0 rings (SSSR count). The van der Waals surface area contributed by atoms with E-state index in [2.05, 4.69) is 9.84 Å². The summed E-state index contributed by atoms with van der Waals surface area (Å²) in [5.41, 5.74) is -0.608. The Hall–Kier alpha value is -0.740. The minimum Gasteiger partial charge on any atom is -0.444 e. The van der Waals surface area contributed by atoms with Gasteiger partial charge in [0.2, 0.25) is 0 Å². The van der Waals surface area contributed by atoms with E-state index in [1.54, 1.807) is 20.8 Å². The van der Waals surface area contributed by atoms with Gasteiger partial charge in [0.05, 0.1) is 6.54 Å². The zero-order chi connectivity index (χ0) is 11.9. The van der Waals surface area contributed by atoms with Crippen molar-refractivity contribution in [1.29, 1.82) is 0 Å². The van der Waals surface area contributed by atoms with Gasteiger partial charge in [-0.1, -0.05) is 0 Å². The van der Waals surface area contributed by atoms with E-state index in [1.807, 2.05) is 0 Å². The van der Waals surface area contributed by atoms with Crippen molar-refractivity contribution >= 4 is 14.8 Å². The standard InChI is InChI=1S/C8H15FNO4P/c1-8(2,3)14-7(11)10-4-6(9)5-13-15-12/h6,15H,4-5H2,1-3H3/p+1. The molecule has 0 bridgehead atoms. The van der Waals surface area contributed by atoms with Crippen LogP contribution in [0.25, 0.3) is 0 Å². The molecule has 0 radical (unpaired) electrons. The second-order valence-corrected chi connectivity index (χ2v) is 4.33.